The van der Waals surface area contributed by atoms with Crippen molar-refractivity contribution in [3.05, 3.63) is 24.0 Å². The third-order valence-corrected chi connectivity index (χ3v) is 4.50. The second-order valence-electron chi connectivity index (χ2n) is 5.24. The minimum Gasteiger partial charge on any atom is -0.495 e. The van der Waals surface area contributed by atoms with Crippen LogP contribution < -0.4 is 10.1 Å². The summed E-state index contributed by atoms with van der Waals surface area (Å²) in [7, 11) is 3.76. The number of pyridine rings is 1. The molecule has 1 aromatic rings. The first-order valence-electron chi connectivity index (χ1n) is 6.93. The fourth-order valence-corrected chi connectivity index (χ4v) is 3.45. The molecule has 0 spiro atoms. The summed E-state index contributed by atoms with van der Waals surface area (Å²) in [4.78, 5) is 4.57. The first-order valence-corrected chi connectivity index (χ1v) is 6.93. The molecular formula is C15H24N2O. The highest BCUT2D eigenvalue weighted by Crippen LogP contribution is 2.50. The number of ether oxygens (including phenoxy) is 1. The molecule has 1 aromatic heterocycles. The number of rotatable bonds is 5. The molecule has 1 saturated carbocycles. The normalized spacial score (nSPS) is 19.7. The van der Waals surface area contributed by atoms with Crippen LogP contribution in [0.2, 0.25) is 0 Å². The number of methoxy groups -OCH3 is 1. The van der Waals surface area contributed by atoms with Crippen molar-refractivity contribution in [1.82, 2.24) is 10.3 Å². The molecule has 0 radical (unpaired) electrons. The Kier molecular flexibility index (Phi) is 4.23. The van der Waals surface area contributed by atoms with Crippen LogP contribution in [0.15, 0.2) is 18.3 Å². The van der Waals surface area contributed by atoms with Gasteiger partial charge in [0, 0.05) is 6.20 Å². The van der Waals surface area contributed by atoms with Gasteiger partial charge in [-0.05, 0) is 43.9 Å². The number of nitrogens with zero attached hydrogens (tertiary/aromatic N) is 1. The van der Waals surface area contributed by atoms with Gasteiger partial charge in [0.05, 0.1) is 18.8 Å². The van der Waals surface area contributed by atoms with Crippen molar-refractivity contribution >= 4 is 0 Å². The van der Waals surface area contributed by atoms with Crippen LogP contribution in [0.1, 0.15) is 50.8 Å². The highest BCUT2D eigenvalue weighted by Gasteiger charge is 2.41. The molecule has 18 heavy (non-hydrogen) atoms. The maximum atomic E-state index is 5.47. The molecule has 1 N–H and O–H groups in total. The maximum Gasteiger partial charge on any atom is 0.142 e. The largest absolute Gasteiger partial charge is 0.495 e. The quantitative estimate of drug-likeness (QED) is 0.868. The molecule has 0 bridgehead atoms. The Morgan fingerprint density at radius 1 is 1.44 bits per heavy atom. The van der Waals surface area contributed by atoms with E-state index in [2.05, 4.69) is 17.2 Å². The van der Waals surface area contributed by atoms with Gasteiger partial charge in [-0.3, -0.25) is 4.98 Å². The Morgan fingerprint density at radius 2 is 2.17 bits per heavy atom. The van der Waals surface area contributed by atoms with Crippen LogP contribution in [0.4, 0.5) is 0 Å². The molecule has 0 saturated heterocycles. The molecule has 1 heterocycles. The van der Waals surface area contributed by atoms with E-state index in [1.165, 1.54) is 32.1 Å². The van der Waals surface area contributed by atoms with E-state index < -0.39 is 0 Å². The number of hydrogen-bond acceptors (Lipinski definition) is 3. The Morgan fingerprint density at radius 3 is 2.72 bits per heavy atom. The van der Waals surface area contributed by atoms with E-state index in [-0.39, 0.29) is 0 Å². The maximum absolute atomic E-state index is 5.47. The van der Waals surface area contributed by atoms with Crippen LogP contribution in [0.5, 0.6) is 5.75 Å². The van der Waals surface area contributed by atoms with Gasteiger partial charge in [0.25, 0.3) is 0 Å². The number of aromatic nitrogens is 1. The zero-order valence-electron chi connectivity index (χ0n) is 11.7. The van der Waals surface area contributed by atoms with Crippen molar-refractivity contribution in [2.45, 2.75) is 45.1 Å². The SMILES string of the molecule is CCC1(C(NC)c2ncccc2OC)CCCC1. The van der Waals surface area contributed by atoms with Crippen LogP contribution >= 0.6 is 0 Å². The molecule has 1 atom stereocenters. The van der Waals surface area contributed by atoms with Gasteiger partial charge >= 0.3 is 0 Å². The van der Waals surface area contributed by atoms with Gasteiger partial charge in [0.1, 0.15) is 5.75 Å². The van der Waals surface area contributed by atoms with Gasteiger partial charge in [-0.1, -0.05) is 19.8 Å². The predicted octanol–water partition coefficient (Wildman–Crippen LogP) is 3.32. The summed E-state index contributed by atoms with van der Waals surface area (Å²) in [6.07, 6.45) is 8.30. The minimum absolute atomic E-state index is 0.293. The van der Waals surface area contributed by atoms with Crippen molar-refractivity contribution < 1.29 is 4.74 Å². The Balaban J connectivity index is 2.38. The van der Waals surface area contributed by atoms with Crippen molar-refractivity contribution in [2.75, 3.05) is 14.2 Å². The van der Waals surface area contributed by atoms with Crippen LogP contribution in [0, 0.1) is 5.41 Å². The number of nitrogens with one attached hydrogen (secondary N) is 1. The molecule has 3 nitrogen and oxygen atoms in total. The third-order valence-electron chi connectivity index (χ3n) is 4.50. The van der Waals surface area contributed by atoms with Crippen molar-refractivity contribution in [2.24, 2.45) is 5.41 Å². The lowest BCUT2D eigenvalue weighted by atomic mass is 9.74. The highest BCUT2D eigenvalue weighted by molar-refractivity contribution is 5.31. The summed E-state index contributed by atoms with van der Waals surface area (Å²) in [5.74, 6) is 0.900. The van der Waals surface area contributed by atoms with Gasteiger partial charge < -0.3 is 10.1 Å². The zero-order valence-corrected chi connectivity index (χ0v) is 11.7. The first kappa shape index (κ1) is 13.3. The summed E-state index contributed by atoms with van der Waals surface area (Å²) in [6.45, 7) is 2.30. The summed E-state index contributed by atoms with van der Waals surface area (Å²) in [5, 5.41) is 3.48. The monoisotopic (exact) mass is 248 g/mol. The average molecular weight is 248 g/mol. The second kappa shape index (κ2) is 5.70. The molecule has 1 aliphatic rings. The van der Waals surface area contributed by atoms with E-state index in [1.54, 1.807) is 7.11 Å². The fourth-order valence-electron chi connectivity index (χ4n) is 3.45. The molecular weight excluding hydrogens is 224 g/mol. The summed E-state index contributed by atoms with van der Waals surface area (Å²) in [6, 6.07) is 4.23. The fraction of sp³-hybridized carbons (Fsp3) is 0.667. The topological polar surface area (TPSA) is 34.2 Å². The van der Waals surface area contributed by atoms with E-state index >= 15 is 0 Å². The van der Waals surface area contributed by atoms with Gasteiger partial charge in [-0.2, -0.15) is 0 Å². The van der Waals surface area contributed by atoms with Gasteiger partial charge in [0.15, 0.2) is 0 Å². The Bertz CT molecular complexity index is 386. The Hall–Kier alpha value is -1.09. The lowest BCUT2D eigenvalue weighted by molar-refractivity contribution is 0.187. The van der Waals surface area contributed by atoms with Crippen molar-refractivity contribution in [3.63, 3.8) is 0 Å². The van der Waals surface area contributed by atoms with Crippen molar-refractivity contribution in [1.29, 1.82) is 0 Å². The molecule has 1 fully saturated rings. The number of hydrogen-bond donors (Lipinski definition) is 1. The molecule has 0 amide bonds. The predicted molar refractivity (Wildman–Crippen MR) is 73.8 cm³/mol. The van der Waals surface area contributed by atoms with E-state index in [0.717, 1.165) is 11.4 Å². The van der Waals surface area contributed by atoms with Crippen LogP contribution in [0.3, 0.4) is 0 Å². The van der Waals surface area contributed by atoms with Gasteiger partial charge in [-0.25, -0.2) is 0 Å². The van der Waals surface area contributed by atoms with E-state index in [1.807, 2.05) is 25.4 Å². The lowest BCUT2D eigenvalue weighted by Gasteiger charge is -2.37. The third kappa shape index (κ3) is 2.24. The molecule has 0 aromatic carbocycles. The summed E-state index contributed by atoms with van der Waals surface area (Å²) >= 11 is 0. The lowest BCUT2D eigenvalue weighted by Crippen LogP contribution is -2.35. The smallest absolute Gasteiger partial charge is 0.142 e. The van der Waals surface area contributed by atoms with Crippen molar-refractivity contribution in [3.8, 4) is 5.75 Å². The van der Waals surface area contributed by atoms with Gasteiger partial charge in [-0.15, -0.1) is 0 Å². The van der Waals surface area contributed by atoms with E-state index in [9.17, 15) is 0 Å². The highest BCUT2D eigenvalue weighted by atomic mass is 16.5. The van der Waals surface area contributed by atoms with Gasteiger partial charge in [0.2, 0.25) is 0 Å². The van der Waals surface area contributed by atoms with E-state index in [0.29, 0.717) is 11.5 Å². The van der Waals surface area contributed by atoms with E-state index in [4.69, 9.17) is 4.74 Å². The first-order chi connectivity index (χ1) is 8.77. The van der Waals surface area contributed by atoms with Crippen LogP contribution in [0.25, 0.3) is 0 Å². The molecule has 0 aliphatic heterocycles. The average Bonchev–Trinajstić information content (AvgIpc) is 2.90. The summed E-state index contributed by atoms with van der Waals surface area (Å²) in [5.41, 5.74) is 1.40. The molecule has 1 aliphatic carbocycles. The van der Waals surface area contributed by atoms with Crippen LogP contribution in [-0.2, 0) is 0 Å². The summed E-state index contributed by atoms with van der Waals surface area (Å²) < 4.78 is 5.47. The standard InChI is InChI=1S/C15H24N2O/c1-4-15(9-5-6-10-15)14(16-2)13-12(18-3)8-7-11-17-13/h7-8,11,14,16H,4-6,9-10H2,1-3H3. The molecule has 2 rings (SSSR count). The van der Waals surface area contributed by atoms with Crippen LogP contribution in [-0.4, -0.2) is 19.1 Å². The molecule has 1 unspecified atom stereocenters. The zero-order chi connectivity index (χ0) is 13.0. The Labute approximate surface area is 110 Å². The molecule has 100 valence electrons. The second-order valence-corrected chi connectivity index (χ2v) is 5.24. The minimum atomic E-state index is 0.293. The molecule has 3 heteroatoms.